The highest BCUT2D eigenvalue weighted by Crippen LogP contribution is 2.08. The molecule has 0 aromatic carbocycles. The third-order valence-electron chi connectivity index (χ3n) is 2.31. The van der Waals surface area contributed by atoms with E-state index in [1.165, 1.54) is 18.5 Å². The average Bonchev–Trinajstić information content (AvgIpc) is 2.39. The van der Waals surface area contributed by atoms with E-state index < -0.39 is 5.91 Å². The van der Waals surface area contributed by atoms with Crippen LogP contribution < -0.4 is 11.1 Å². The first kappa shape index (κ1) is 12.6. The van der Waals surface area contributed by atoms with Gasteiger partial charge in [-0.3, -0.25) is 9.59 Å². The number of aromatic nitrogens is 3. The largest absolute Gasteiger partial charge is 0.364 e. The number of amides is 2. The summed E-state index contributed by atoms with van der Waals surface area (Å²) in [5, 5.41) is 10.1. The molecule has 0 saturated heterocycles. The fraction of sp³-hybridized carbons (Fsp3) is 0.0833. The lowest BCUT2D eigenvalue weighted by atomic mass is 10.2. The summed E-state index contributed by atoms with van der Waals surface area (Å²) in [4.78, 5) is 26.6. The quantitative estimate of drug-likeness (QED) is 0.833. The Kier molecular flexibility index (Phi) is 3.46. The molecule has 7 heteroatoms. The summed E-state index contributed by atoms with van der Waals surface area (Å²) in [6.45, 7) is 1.74. The molecule has 96 valence electrons. The van der Waals surface area contributed by atoms with Gasteiger partial charge in [0.1, 0.15) is 5.69 Å². The number of anilines is 1. The predicted molar refractivity (Wildman–Crippen MR) is 67.5 cm³/mol. The maximum absolute atomic E-state index is 11.9. The van der Waals surface area contributed by atoms with E-state index in [1.807, 2.05) is 0 Å². The van der Waals surface area contributed by atoms with Crippen molar-refractivity contribution in [2.24, 2.45) is 5.73 Å². The number of hydrogen-bond donors (Lipinski definition) is 2. The minimum atomic E-state index is -0.619. The summed E-state index contributed by atoms with van der Waals surface area (Å²) in [6, 6.07) is 4.61. The van der Waals surface area contributed by atoms with E-state index in [0.717, 1.165) is 0 Å². The lowest BCUT2D eigenvalue weighted by molar-refractivity contribution is 0.0994. The summed E-state index contributed by atoms with van der Waals surface area (Å²) in [5.74, 6) is -0.946. The minimum absolute atomic E-state index is 0.138. The van der Waals surface area contributed by atoms with Gasteiger partial charge in [-0.1, -0.05) is 0 Å². The van der Waals surface area contributed by atoms with E-state index >= 15 is 0 Å². The minimum Gasteiger partial charge on any atom is -0.364 e. The van der Waals surface area contributed by atoms with Gasteiger partial charge in [-0.05, 0) is 25.1 Å². The summed E-state index contributed by atoms with van der Waals surface area (Å²) >= 11 is 0. The molecule has 0 aliphatic heterocycles. The van der Waals surface area contributed by atoms with Crippen LogP contribution in [0, 0.1) is 6.92 Å². The predicted octanol–water partition coefficient (Wildman–Crippen LogP) is 0.531. The number of nitrogens with zero attached hydrogens (tertiary/aromatic N) is 3. The Morgan fingerprint density at radius 2 is 2.05 bits per heavy atom. The maximum atomic E-state index is 11.9. The van der Waals surface area contributed by atoms with Crippen molar-refractivity contribution in [1.29, 1.82) is 0 Å². The molecule has 2 amide bonds. The van der Waals surface area contributed by atoms with Crippen molar-refractivity contribution in [3.05, 3.63) is 47.5 Å². The summed E-state index contributed by atoms with van der Waals surface area (Å²) < 4.78 is 0. The number of nitrogens with one attached hydrogen (secondary N) is 1. The topological polar surface area (TPSA) is 111 Å². The van der Waals surface area contributed by atoms with E-state index in [0.29, 0.717) is 16.9 Å². The summed E-state index contributed by atoms with van der Waals surface area (Å²) in [5.41, 5.74) is 6.71. The highest BCUT2D eigenvalue weighted by molar-refractivity contribution is 6.04. The first-order chi connectivity index (χ1) is 9.06. The standard InChI is InChI=1S/C12H11N5O2/c1-7-4-8(5-15-17-7)12(19)16-9-2-3-10(11(13)18)14-6-9/h2-6H,1H3,(H2,13,18)(H,16,19). The van der Waals surface area contributed by atoms with Gasteiger partial charge in [0, 0.05) is 0 Å². The van der Waals surface area contributed by atoms with Gasteiger partial charge in [0.25, 0.3) is 11.8 Å². The lowest BCUT2D eigenvalue weighted by Crippen LogP contribution is -2.15. The van der Waals surface area contributed by atoms with Crippen LogP contribution >= 0.6 is 0 Å². The molecule has 7 nitrogen and oxygen atoms in total. The summed E-state index contributed by atoms with van der Waals surface area (Å²) in [6.07, 6.45) is 2.73. The first-order valence-corrected chi connectivity index (χ1v) is 5.43. The van der Waals surface area contributed by atoms with Crippen molar-refractivity contribution < 1.29 is 9.59 Å². The van der Waals surface area contributed by atoms with E-state index in [-0.39, 0.29) is 11.6 Å². The van der Waals surface area contributed by atoms with Gasteiger partial charge in [-0.2, -0.15) is 10.2 Å². The maximum Gasteiger partial charge on any atom is 0.267 e. The molecule has 2 aromatic rings. The zero-order valence-corrected chi connectivity index (χ0v) is 10.1. The van der Waals surface area contributed by atoms with Gasteiger partial charge in [0.05, 0.1) is 29.3 Å². The number of pyridine rings is 1. The molecule has 19 heavy (non-hydrogen) atoms. The highest BCUT2D eigenvalue weighted by Gasteiger charge is 2.08. The van der Waals surface area contributed by atoms with Crippen LogP contribution in [0.15, 0.2) is 30.6 Å². The normalized spacial score (nSPS) is 9.95. The summed E-state index contributed by atoms with van der Waals surface area (Å²) in [7, 11) is 0. The number of rotatable bonds is 3. The number of carbonyl (C=O) groups is 2. The Labute approximate surface area is 108 Å². The third-order valence-corrected chi connectivity index (χ3v) is 2.31. The van der Waals surface area contributed by atoms with Crippen molar-refractivity contribution >= 4 is 17.5 Å². The van der Waals surface area contributed by atoms with Crippen molar-refractivity contribution in [3.8, 4) is 0 Å². The lowest BCUT2D eigenvalue weighted by Gasteiger charge is -2.05. The van der Waals surface area contributed by atoms with Crippen LogP contribution in [0.4, 0.5) is 5.69 Å². The van der Waals surface area contributed by atoms with E-state index in [4.69, 9.17) is 5.73 Å². The van der Waals surface area contributed by atoms with Gasteiger partial charge >= 0.3 is 0 Å². The van der Waals surface area contributed by atoms with Crippen molar-refractivity contribution in [2.75, 3.05) is 5.32 Å². The Hall–Kier alpha value is -2.83. The van der Waals surface area contributed by atoms with E-state index in [1.54, 1.807) is 19.1 Å². The van der Waals surface area contributed by atoms with Crippen LogP contribution in [0.2, 0.25) is 0 Å². The first-order valence-electron chi connectivity index (χ1n) is 5.43. The third kappa shape index (κ3) is 3.09. The molecule has 0 bridgehead atoms. The van der Waals surface area contributed by atoms with E-state index in [9.17, 15) is 9.59 Å². The molecule has 2 rings (SSSR count). The van der Waals surface area contributed by atoms with Gasteiger partial charge in [0.2, 0.25) is 0 Å². The number of carbonyl (C=O) groups excluding carboxylic acids is 2. The van der Waals surface area contributed by atoms with Gasteiger partial charge < -0.3 is 11.1 Å². The fourth-order valence-corrected chi connectivity index (χ4v) is 1.41. The molecule has 2 heterocycles. The smallest absolute Gasteiger partial charge is 0.267 e. The van der Waals surface area contributed by atoms with Crippen LogP contribution in [-0.4, -0.2) is 27.0 Å². The van der Waals surface area contributed by atoms with E-state index in [2.05, 4.69) is 20.5 Å². The zero-order valence-electron chi connectivity index (χ0n) is 10.1. The van der Waals surface area contributed by atoms with Gasteiger partial charge in [0.15, 0.2) is 0 Å². The number of primary amides is 1. The number of hydrogen-bond acceptors (Lipinski definition) is 5. The molecule has 0 unspecified atom stereocenters. The number of aryl methyl sites for hydroxylation is 1. The van der Waals surface area contributed by atoms with Crippen molar-refractivity contribution in [2.45, 2.75) is 6.92 Å². The van der Waals surface area contributed by atoms with Crippen molar-refractivity contribution in [1.82, 2.24) is 15.2 Å². The van der Waals surface area contributed by atoms with Crippen molar-refractivity contribution in [3.63, 3.8) is 0 Å². The van der Waals surface area contributed by atoms with Gasteiger partial charge in [-0.25, -0.2) is 4.98 Å². The fourth-order valence-electron chi connectivity index (χ4n) is 1.41. The SMILES string of the molecule is Cc1cc(C(=O)Nc2ccc(C(N)=O)nc2)cnn1. The van der Waals surface area contributed by atoms with Crippen LogP contribution in [0.25, 0.3) is 0 Å². The molecule has 0 aliphatic rings. The second-order valence-electron chi connectivity index (χ2n) is 3.84. The Morgan fingerprint density at radius 1 is 1.26 bits per heavy atom. The number of nitrogens with two attached hydrogens (primary N) is 1. The average molecular weight is 257 g/mol. The molecule has 0 aliphatic carbocycles. The van der Waals surface area contributed by atoms with Crippen LogP contribution in [0.3, 0.4) is 0 Å². The second-order valence-corrected chi connectivity index (χ2v) is 3.84. The second kappa shape index (κ2) is 5.21. The highest BCUT2D eigenvalue weighted by atomic mass is 16.2. The molecular weight excluding hydrogens is 246 g/mol. The molecule has 0 radical (unpaired) electrons. The monoisotopic (exact) mass is 257 g/mol. The van der Waals surface area contributed by atoms with Crippen LogP contribution in [0.1, 0.15) is 26.5 Å². The molecular formula is C12H11N5O2. The molecule has 2 aromatic heterocycles. The molecule has 0 saturated carbocycles. The molecule has 3 N–H and O–H groups in total. The van der Waals surface area contributed by atoms with Crippen LogP contribution in [0.5, 0.6) is 0 Å². The Morgan fingerprint density at radius 3 is 2.63 bits per heavy atom. The molecule has 0 fully saturated rings. The van der Waals surface area contributed by atoms with Gasteiger partial charge in [-0.15, -0.1) is 0 Å². The Bertz CT molecular complexity index is 624. The molecule has 0 atom stereocenters. The zero-order chi connectivity index (χ0) is 13.8. The molecule has 0 spiro atoms. The van der Waals surface area contributed by atoms with Crippen LogP contribution in [-0.2, 0) is 0 Å². The Balaban J connectivity index is 2.13.